The molecule has 146 valence electrons. The van der Waals surface area contributed by atoms with E-state index in [0.29, 0.717) is 22.8 Å². The predicted molar refractivity (Wildman–Crippen MR) is 122 cm³/mol. The molecule has 5 aliphatic heterocycles. The van der Waals surface area contributed by atoms with Gasteiger partial charge in [0.05, 0.1) is 56.3 Å². The van der Waals surface area contributed by atoms with Crippen LogP contribution in [0.25, 0.3) is 0 Å². The van der Waals surface area contributed by atoms with Crippen molar-refractivity contribution < 1.29 is 8.42 Å². The van der Waals surface area contributed by atoms with Gasteiger partial charge in [-0.05, 0) is 66.8 Å². The van der Waals surface area contributed by atoms with E-state index in [4.69, 9.17) is 0 Å². The van der Waals surface area contributed by atoms with Crippen LogP contribution in [0.1, 0.15) is 0 Å². The van der Waals surface area contributed by atoms with Crippen LogP contribution in [0.15, 0.2) is 127 Å². The summed E-state index contributed by atoms with van der Waals surface area (Å²) < 4.78 is 25.5. The highest BCUT2D eigenvalue weighted by Crippen LogP contribution is 2.26. The molecule has 6 nitrogen and oxygen atoms in total. The quantitative estimate of drug-likeness (QED) is 0.665. The first-order chi connectivity index (χ1) is 14.5. The third-order valence-electron chi connectivity index (χ3n) is 4.67. The second-order valence-corrected chi connectivity index (χ2v) is 8.97. The first-order valence-corrected chi connectivity index (χ1v) is 11.0. The van der Waals surface area contributed by atoms with Crippen LogP contribution < -0.4 is 0 Å². The van der Waals surface area contributed by atoms with E-state index in [2.05, 4.69) is 26.5 Å². The lowest BCUT2D eigenvalue weighted by molar-refractivity contribution is 0.606. The lowest BCUT2D eigenvalue weighted by Gasteiger charge is -2.03. The summed E-state index contributed by atoms with van der Waals surface area (Å²) in [5, 5.41) is 0. The molecule has 0 saturated heterocycles. The zero-order chi connectivity index (χ0) is 20.7. The van der Waals surface area contributed by atoms with E-state index in [-0.39, 0.29) is 10.7 Å². The Balaban J connectivity index is 1.67. The molecule has 0 radical (unpaired) electrons. The summed E-state index contributed by atoms with van der Waals surface area (Å²) in [6.45, 7) is 3.55. The van der Waals surface area contributed by atoms with E-state index >= 15 is 0 Å². The summed E-state index contributed by atoms with van der Waals surface area (Å²) in [5.74, 6) is -0.162. The van der Waals surface area contributed by atoms with Crippen LogP contribution in [0.2, 0.25) is 0 Å². The number of hydrogen-bond acceptors (Lipinski definition) is 6. The predicted octanol–water partition coefficient (Wildman–Crippen LogP) is 3.51. The molecular weight excluding hydrogens is 396 g/mol. The van der Waals surface area contributed by atoms with Gasteiger partial charge < -0.3 is 0 Å². The van der Waals surface area contributed by atoms with Crippen LogP contribution >= 0.6 is 0 Å². The Bertz CT molecular complexity index is 1370. The molecule has 0 saturated carbocycles. The van der Waals surface area contributed by atoms with Gasteiger partial charge in [0.25, 0.3) is 0 Å². The summed E-state index contributed by atoms with van der Waals surface area (Å²) in [5.41, 5.74) is 5.30. The Hall–Kier alpha value is -3.71. The molecule has 0 aromatic heterocycles. The molecule has 5 heterocycles. The number of hydrogen-bond donors (Lipinski definition) is 0. The van der Waals surface area contributed by atoms with E-state index in [1.165, 1.54) is 6.08 Å². The van der Waals surface area contributed by atoms with Gasteiger partial charge in [0, 0.05) is 0 Å². The summed E-state index contributed by atoms with van der Waals surface area (Å²) in [6.07, 6.45) is 21.4. The average molecular weight is 412 g/mol. The summed E-state index contributed by atoms with van der Waals surface area (Å²) in [7, 11) is -3.56. The van der Waals surface area contributed by atoms with Gasteiger partial charge in [0.1, 0.15) is 0 Å². The Morgan fingerprint density at radius 1 is 0.667 bits per heavy atom. The fraction of sp³-hybridized carbons (Fsp3) is 0.0435. The minimum absolute atomic E-state index is 0.159. The van der Waals surface area contributed by atoms with Crippen molar-refractivity contribution in [2.75, 3.05) is 5.75 Å². The van der Waals surface area contributed by atoms with Crippen molar-refractivity contribution in [2.45, 2.75) is 0 Å². The zero-order valence-electron chi connectivity index (χ0n) is 15.9. The van der Waals surface area contributed by atoms with Crippen LogP contribution in [0.5, 0.6) is 0 Å². The molecule has 5 aliphatic rings. The van der Waals surface area contributed by atoms with E-state index in [1.807, 2.05) is 48.6 Å². The van der Waals surface area contributed by atoms with Crippen molar-refractivity contribution in [1.29, 1.82) is 0 Å². The highest BCUT2D eigenvalue weighted by Gasteiger charge is 2.26. The van der Waals surface area contributed by atoms with Crippen molar-refractivity contribution in [3.63, 3.8) is 0 Å². The minimum atomic E-state index is -3.56. The largest absolute Gasteiger partial charge is 0.249 e. The average Bonchev–Trinajstić information content (AvgIpc) is 3.46. The van der Waals surface area contributed by atoms with Crippen molar-refractivity contribution in [1.82, 2.24) is 0 Å². The Morgan fingerprint density at radius 3 is 1.70 bits per heavy atom. The summed E-state index contributed by atoms with van der Waals surface area (Å²) >= 11 is 0. The number of aliphatic imine (C=N–C) groups is 4. The lowest BCUT2D eigenvalue weighted by atomic mass is 10.2. The number of rotatable bonds is 3. The highest BCUT2D eigenvalue weighted by molar-refractivity contribution is 7.96. The molecule has 0 fully saturated rings. The fourth-order valence-electron chi connectivity index (χ4n) is 3.37. The van der Waals surface area contributed by atoms with Gasteiger partial charge in [-0.2, -0.15) is 0 Å². The maximum atomic E-state index is 12.7. The van der Waals surface area contributed by atoms with Gasteiger partial charge in [0.15, 0.2) is 9.84 Å². The Kier molecular flexibility index (Phi) is 4.25. The van der Waals surface area contributed by atoms with E-state index in [0.717, 1.165) is 22.8 Å². The van der Waals surface area contributed by atoms with Crippen molar-refractivity contribution in [3.8, 4) is 0 Å². The number of nitrogens with zero attached hydrogens (tertiary/aromatic N) is 4. The first-order valence-electron chi connectivity index (χ1n) is 9.30. The molecule has 30 heavy (non-hydrogen) atoms. The lowest BCUT2D eigenvalue weighted by Crippen LogP contribution is -2.12. The molecule has 0 aliphatic carbocycles. The molecule has 0 N–H and O–H groups in total. The number of allylic oxidation sites excluding steroid dienone is 12. The topological polar surface area (TPSA) is 83.6 Å². The van der Waals surface area contributed by atoms with Crippen molar-refractivity contribution in [2.24, 2.45) is 20.0 Å². The molecule has 0 aromatic rings. The third-order valence-corrected chi connectivity index (χ3v) is 6.35. The monoisotopic (exact) mass is 412 g/mol. The molecule has 0 unspecified atom stereocenters. The Morgan fingerprint density at radius 2 is 1.17 bits per heavy atom. The Labute approximate surface area is 174 Å². The number of sulfone groups is 1. The van der Waals surface area contributed by atoms with Gasteiger partial charge in [-0.15, -0.1) is 6.58 Å². The second-order valence-electron chi connectivity index (χ2n) is 6.96. The molecular formula is C23H16N4O2S. The van der Waals surface area contributed by atoms with Gasteiger partial charge in [-0.3, -0.25) is 0 Å². The van der Waals surface area contributed by atoms with E-state index < -0.39 is 9.84 Å². The van der Waals surface area contributed by atoms with E-state index in [1.54, 1.807) is 18.2 Å². The van der Waals surface area contributed by atoms with E-state index in [9.17, 15) is 8.42 Å². The summed E-state index contributed by atoms with van der Waals surface area (Å²) in [6, 6.07) is 0. The molecule has 7 heteroatoms. The molecule has 0 amide bonds. The van der Waals surface area contributed by atoms with Crippen molar-refractivity contribution >= 4 is 32.7 Å². The smallest absolute Gasteiger partial charge is 0.184 e. The number of fused-ring (bicyclic) bond motifs is 4. The molecule has 8 bridgehead atoms. The standard InChI is InChI=1S/C23H16N4O2S/c1-2-9-30(28,29)23-14-21-12-19-6-5-17(25-19)10-15-3-4-16(24-15)11-18-7-8-20(26-18)13-22(23)27-21/h2-8,10-14H,1,9H2. The SMILES string of the molecule is C=CCS(=O)(=O)C1=CC2=CC3=NC(=CC4=NC(=CC5=NC(=CC1=N2)C=C5)C=C4)C=C3. The molecule has 0 atom stereocenters. The maximum Gasteiger partial charge on any atom is 0.184 e. The van der Waals surface area contributed by atoms with Crippen LogP contribution in [0, 0.1) is 0 Å². The molecule has 0 spiro atoms. The molecule has 0 aromatic carbocycles. The highest BCUT2D eigenvalue weighted by atomic mass is 32.2. The van der Waals surface area contributed by atoms with Crippen LogP contribution in [-0.2, 0) is 9.84 Å². The van der Waals surface area contributed by atoms with Gasteiger partial charge in [-0.25, -0.2) is 28.4 Å². The first kappa shape index (κ1) is 18.3. The van der Waals surface area contributed by atoms with Gasteiger partial charge in [0.2, 0.25) is 0 Å². The normalized spacial score (nSPS) is 21.3. The second kappa shape index (κ2) is 6.96. The van der Waals surface area contributed by atoms with Crippen molar-refractivity contribution in [3.05, 3.63) is 107 Å². The zero-order valence-corrected chi connectivity index (χ0v) is 16.7. The van der Waals surface area contributed by atoms with Crippen LogP contribution in [0.3, 0.4) is 0 Å². The summed E-state index contributed by atoms with van der Waals surface area (Å²) in [4.78, 5) is 18.4. The van der Waals surface area contributed by atoms with Crippen LogP contribution in [0.4, 0.5) is 0 Å². The fourth-order valence-corrected chi connectivity index (χ4v) is 4.58. The minimum Gasteiger partial charge on any atom is -0.249 e. The third kappa shape index (κ3) is 3.51. The van der Waals surface area contributed by atoms with Crippen LogP contribution in [-0.4, -0.2) is 37.0 Å². The maximum absolute atomic E-state index is 12.7. The van der Waals surface area contributed by atoms with Gasteiger partial charge >= 0.3 is 0 Å². The van der Waals surface area contributed by atoms with Gasteiger partial charge in [-0.1, -0.05) is 6.08 Å². The molecule has 5 rings (SSSR count).